The van der Waals surface area contributed by atoms with Gasteiger partial charge in [-0.3, -0.25) is 9.69 Å². The van der Waals surface area contributed by atoms with E-state index in [1.54, 1.807) is 0 Å². The van der Waals surface area contributed by atoms with Crippen molar-refractivity contribution in [2.45, 2.75) is 38.3 Å². The quantitative estimate of drug-likeness (QED) is 0.482. The van der Waals surface area contributed by atoms with Gasteiger partial charge in [-0.15, -0.1) is 0 Å². The van der Waals surface area contributed by atoms with E-state index >= 15 is 0 Å². The topological polar surface area (TPSA) is 125 Å². The molecule has 3 amide bonds. The number of carboxylic acids is 1. The summed E-state index contributed by atoms with van der Waals surface area (Å²) in [5.41, 5.74) is 4.93. The minimum Gasteiger partial charge on any atom is -0.480 e. The smallest absolute Gasteiger partial charge is 0.326 e. The number of carbonyl (C=O) groups is 3. The van der Waals surface area contributed by atoms with Gasteiger partial charge in [0.25, 0.3) is 0 Å². The molecule has 8 nitrogen and oxygen atoms in total. The Balaban J connectivity index is 2.33. The van der Waals surface area contributed by atoms with Gasteiger partial charge in [0.1, 0.15) is 6.04 Å². The highest BCUT2D eigenvalue weighted by molar-refractivity contribution is 5.87. The Morgan fingerprint density at radius 3 is 2.40 bits per heavy atom. The number of amides is 3. The molecule has 20 heavy (non-hydrogen) atoms. The van der Waals surface area contributed by atoms with Gasteiger partial charge in [-0.2, -0.15) is 0 Å². The molecule has 1 aliphatic rings. The summed E-state index contributed by atoms with van der Waals surface area (Å²) in [6.07, 6.45) is 1.90. The van der Waals surface area contributed by atoms with Gasteiger partial charge in [-0.1, -0.05) is 0 Å². The summed E-state index contributed by atoms with van der Waals surface area (Å²) in [7, 11) is 0. The average molecular weight is 286 g/mol. The third kappa shape index (κ3) is 5.43. The van der Waals surface area contributed by atoms with Gasteiger partial charge in [-0.25, -0.2) is 9.59 Å². The summed E-state index contributed by atoms with van der Waals surface area (Å²) in [4.78, 5) is 35.4. The van der Waals surface area contributed by atoms with E-state index in [4.69, 9.17) is 10.8 Å². The first-order chi connectivity index (χ1) is 9.40. The van der Waals surface area contributed by atoms with Crippen molar-refractivity contribution in [1.29, 1.82) is 0 Å². The number of aliphatic carboxylic acids is 1. The fourth-order valence-electron chi connectivity index (χ4n) is 2.16. The molecule has 0 aliphatic carbocycles. The van der Waals surface area contributed by atoms with Crippen LogP contribution in [-0.4, -0.2) is 59.6 Å². The molecule has 1 unspecified atom stereocenters. The molecule has 1 heterocycles. The SMILES string of the molecule is CC(CNC(=O)N[C@@H](CC(N)=O)C(=O)O)N1CCCC1. The van der Waals surface area contributed by atoms with Crippen LogP contribution in [0.1, 0.15) is 26.2 Å². The highest BCUT2D eigenvalue weighted by atomic mass is 16.4. The van der Waals surface area contributed by atoms with Crippen molar-refractivity contribution in [1.82, 2.24) is 15.5 Å². The molecule has 0 bridgehead atoms. The van der Waals surface area contributed by atoms with Crippen LogP contribution in [0.2, 0.25) is 0 Å². The maximum Gasteiger partial charge on any atom is 0.326 e. The summed E-state index contributed by atoms with van der Waals surface area (Å²) < 4.78 is 0. The normalized spacial score (nSPS) is 18.2. The first-order valence-corrected chi connectivity index (χ1v) is 6.69. The molecule has 5 N–H and O–H groups in total. The second-order valence-corrected chi connectivity index (χ2v) is 5.01. The lowest BCUT2D eigenvalue weighted by atomic mass is 10.2. The molecular weight excluding hydrogens is 264 g/mol. The molecule has 0 spiro atoms. The molecule has 1 rings (SSSR count). The van der Waals surface area contributed by atoms with Crippen molar-refractivity contribution in [3.63, 3.8) is 0 Å². The second kappa shape index (κ2) is 7.68. The molecule has 0 radical (unpaired) electrons. The molecule has 8 heteroatoms. The number of primary amides is 1. The van der Waals surface area contributed by atoms with Crippen LogP contribution in [0.4, 0.5) is 4.79 Å². The summed E-state index contributed by atoms with van der Waals surface area (Å²) in [6, 6.07) is -1.71. The molecule has 1 aliphatic heterocycles. The third-order valence-corrected chi connectivity index (χ3v) is 3.33. The van der Waals surface area contributed by atoms with E-state index in [-0.39, 0.29) is 6.04 Å². The Morgan fingerprint density at radius 2 is 1.90 bits per heavy atom. The minimum atomic E-state index is -1.30. The van der Waals surface area contributed by atoms with Crippen molar-refractivity contribution in [2.75, 3.05) is 19.6 Å². The highest BCUT2D eigenvalue weighted by Gasteiger charge is 2.23. The Hall–Kier alpha value is -1.83. The van der Waals surface area contributed by atoms with Crippen molar-refractivity contribution < 1.29 is 19.5 Å². The number of carbonyl (C=O) groups excluding carboxylic acids is 2. The molecule has 0 aromatic rings. The van der Waals surface area contributed by atoms with Crippen molar-refractivity contribution in [3.8, 4) is 0 Å². The van der Waals surface area contributed by atoms with Crippen LogP contribution in [0.3, 0.4) is 0 Å². The number of hydrogen-bond donors (Lipinski definition) is 4. The number of nitrogens with one attached hydrogen (secondary N) is 2. The highest BCUT2D eigenvalue weighted by Crippen LogP contribution is 2.10. The van der Waals surface area contributed by atoms with Gasteiger partial charge in [0.2, 0.25) is 5.91 Å². The molecular formula is C12H22N4O4. The van der Waals surface area contributed by atoms with Gasteiger partial charge < -0.3 is 21.5 Å². The fraction of sp³-hybridized carbons (Fsp3) is 0.750. The number of nitrogens with zero attached hydrogens (tertiary/aromatic N) is 1. The van der Waals surface area contributed by atoms with Crippen molar-refractivity contribution in [3.05, 3.63) is 0 Å². The van der Waals surface area contributed by atoms with E-state index in [9.17, 15) is 14.4 Å². The van der Waals surface area contributed by atoms with Crippen LogP contribution in [-0.2, 0) is 9.59 Å². The van der Waals surface area contributed by atoms with E-state index < -0.39 is 30.4 Å². The number of likely N-dealkylation sites (tertiary alicyclic amines) is 1. The van der Waals surface area contributed by atoms with Gasteiger partial charge in [0.15, 0.2) is 0 Å². The predicted octanol–water partition coefficient (Wildman–Crippen LogP) is -0.901. The number of urea groups is 1. The van der Waals surface area contributed by atoms with Crippen LogP contribution >= 0.6 is 0 Å². The summed E-state index contributed by atoms with van der Waals surface area (Å²) in [5.74, 6) is -2.06. The van der Waals surface area contributed by atoms with Gasteiger partial charge in [0.05, 0.1) is 6.42 Å². The molecule has 0 aromatic heterocycles. The number of rotatable bonds is 7. The van der Waals surface area contributed by atoms with Crippen LogP contribution in [0.15, 0.2) is 0 Å². The maximum absolute atomic E-state index is 11.6. The lowest BCUT2D eigenvalue weighted by molar-refractivity contribution is -0.140. The summed E-state index contributed by atoms with van der Waals surface area (Å²) in [6.45, 7) is 4.46. The Kier molecular flexibility index (Phi) is 6.23. The fourth-order valence-corrected chi connectivity index (χ4v) is 2.16. The monoisotopic (exact) mass is 286 g/mol. The van der Waals surface area contributed by atoms with E-state index in [0.717, 1.165) is 25.9 Å². The van der Waals surface area contributed by atoms with E-state index in [2.05, 4.69) is 15.5 Å². The number of carboxylic acid groups (broad SMARTS) is 1. The van der Waals surface area contributed by atoms with Crippen LogP contribution in [0.25, 0.3) is 0 Å². The standard InChI is InChI=1S/C12H22N4O4/c1-8(16-4-2-3-5-16)7-14-12(20)15-9(11(18)19)6-10(13)17/h8-9H,2-7H2,1H3,(H2,13,17)(H,18,19)(H2,14,15,20)/t8?,9-/m0/s1. The van der Waals surface area contributed by atoms with Crippen LogP contribution < -0.4 is 16.4 Å². The zero-order valence-electron chi connectivity index (χ0n) is 11.6. The largest absolute Gasteiger partial charge is 0.480 e. The molecule has 1 saturated heterocycles. The zero-order valence-corrected chi connectivity index (χ0v) is 11.6. The van der Waals surface area contributed by atoms with E-state index in [1.165, 1.54) is 0 Å². The lowest BCUT2D eigenvalue weighted by Gasteiger charge is -2.24. The van der Waals surface area contributed by atoms with Crippen LogP contribution in [0.5, 0.6) is 0 Å². The van der Waals surface area contributed by atoms with Crippen molar-refractivity contribution in [2.24, 2.45) is 5.73 Å². The van der Waals surface area contributed by atoms with E-state index in [0.29, 0.717) is 6.54 Å². The predicted molar refractivity (Wildman–Crippen MR) is 72.0 cm³/mol. The number of hydrogen-bond acceptors (Lipinski definition) is 4. The molecule has 1 fully saturated rings. The molecule has 0 saturated carbocycles. The van der Waals surface area contributed by atoms with E-state index in [1.807, 2.05) is 6.92 Å². The first-order valence-electron chi connectivity index (χ1n) is 6.69. The number of nitrogens with two attached hydrogens (primary N) is 1. The Morgan fingerprint density at radius 1 is 1.30 bits per heavy atom. The second-order valence-electron chi connectivity index (χ2n) is 5.01. The first kappa shape index (κ1) is 16.2. The molecule has 114 valence electrons. The minimum absolute atomic E-state index is 0.197. The third-order valence-electron chi connectivity index (χ3n) is 3.33. The zero-order chi connectivity index (χ0) is 15.1. The van der Waals surface area contributed by atoms with Gasteiger partial charge in [0, 0.05) is 12.6 Å². The Labute approximate surface area is 117 Å². The molecule has 0 aromatic carbocycles. The average Bonchev–Trinajstić information content (AvgIpc) is 2.88. The maximum atomic E-state index is 11.6. The summed E-state index contributed by atoms with van der Waals surface area (Å²) in [5, 5.41) is 13.7. The van der Waals surface area contributed by atoms with Crippen molar-refractivity contribution >= 4 is 17.9 Å². The lowest BCUT2D eigenvalue weighted by Crippen LogP contribution is -2.50. The summed E-state index contributed by atoms with van der Waals surface area (Å²) >= 11 is 0. The van der Waals surface area contributed by atoms with Crippen LogP contribution in [0, 0.1) is 0 Å². The van der Waals surface area contributed by atoms with Gasteiger partial charge in [-0.05, 0) is 32.9 Å². The van der Waals surface area contributed by atoms with Gasteiger partial charge >= 0.3 is 12.0 Å². The Bertz CT molecular complexity index is 368. The molecule has 2 atom stereocenters.